The molecule has 0 aromatic heterocycles. The van der Waals surface area contributed by atoms with Crippen molar-refractivity contribution in [2.24, 2.45) is 9.98 Å². The molecule has 0 aromatic rings. The van der Waals surface area contributed by atoms with Gasteiger partial charge in [0.1, 0.15) is 0 Å². The van der Waals surface area contributed by atoms with Crippen LogP contribution < -0.4 is 0 Å². The number of aliphatic imine (C=N–C) groups is 2. The van der Waals surface area contributed by atoms with Gasteiger partial charge in [-0.2, -0.15) is 0 Å². The van der Waals surface area contributed by atoms with E-state index in [0.717, 1.165) is 16.9 Å². The molecule has 0 N–H and O–H groups in total. The van der Waals surface area contributed by atoms with Crippen molar-refractivity contribution in [1.29, 1.82) is 0 Å². The average Bonchev–Trinajstić information content (AvgIpc) is 2.16. The summed E-state index contributed by atoms with van der Waals surface area (Å²) in [6.45, 7) is 5.72. The highest BCUT2D eigenvalue weighted by Gasteiger charge is 2.05. The standard InChI is InChI=1S/C10H12N2/c1-4-8(2)9-5-6-12-7-10(9)11-3/h4-7H,1H2,2-3H3/b9-8-,11-10?. The van der Waals surface area contributed by atoms with E-state index < -0.39 is 0 Å². The summed E-state index contributed by atoms with van der Waals surface area (Å²) in [4.78, 5) is 8.10. The molecule has 2 heteroatoms. The highest BCUT2D eigenvalue weighted by Crippen LogP contribution is 2.11. The zero-order valence-corrected chi connectivity index (χ0v) is 7.41. The lowest BCUT2D eigenvalue weighted by atomic mass is 10.0. The molecule has 1 aliphatic rings. The van der Waals surface area contributed by atoms with Gasteiger partial charge in [0.2, 0.25) is 0 Å². The lowest BCUT2D eigenvalue weighted by Crippen LogP contribution is -2.07. The Morgan fingerprint density at radius 1 is 1.67 bits per heavy atom. The minimum atomic E-state index is 0.912. The Bertz CT molecular complexity index is 304. The molecule has 0 unspecified atom stereocenters. The maximum Gasteiger partial charge on any atom is 0.0828 e. The van der Waals surface area contributed by atoms with Crippen molar-refractivity contribution in [3.8, 4) is 0 Å². The van der Waals surface area contributed by atoms with Crippen LogP contribution in [0.25, 0.3) is 0 Å². The van der Waals surface area contributed by atoms with Gasteiger partial charge in [-0.3, -0.25) is 9.98 Å². The molecule has 0 amide bonds. The van der Waals surface area contributed by atoms with E-state index in [-0.39, 0.29) is 0 Å². The van der Waals surface area contributed by atoms with Crippen molar-refractivity contribution in [1.82, 2.24) is 0 Å². The Morgan fingerprint density at radius 2 is 2.42 bits per heavy atom. The molecule has 0 aromatic carbocycles. The summed E-state index contributed by atoms with van der Waals surface area (Å²) in [6, 6.07) is 0. The van der Waals surface area contributed by atoms with Gasteiger partial charge in [0.25, 0.3) is 0 Å². The van der Waals surface area contributed by atoms with Crippen molar-refractivity contribution in [2.75, 3.05) is 7.05 Å². The van der Waals surface area contributed by atoms with Gasteiger partial charge in [0, 0.05) is 18.8 Å². The van der Waals surface area contributed by atoms with Crippen LogP contribution in [0, 0.1) is 0 Å². The third kappa shape index (κ3) is 1.59. The first-order valence-electron chi connectivity index (χ1n) is 3.79. The van der Waals surface area contributed by atoms with E-state index in [4.69, 9.17) is 0 Å². The zero-order chi connectivity index (χ0) is 8.97. The molecular formula is C10H12N2. The largest absolute Gasteiger partial charge is 0.286 e. The smallest absolute Gasteiger partial charge is 0.0828 e. The Balaban J connectivity index is 3.14. The normalized spacial score (nSPS) is 23.0. The van der Waals surface area contributed by atoms with E-state index in [1.165, 1.54) is 0 Å². The van der Waals surface area contributed by atoms with E-state index >= 15 is 0 Å². The van der Waals surface area contributed by atoms with Crippen LogP contribution in [0.1, 0.15) is 6.92 Å². The van der Waals surface area contributed by atoms with Gasteiger partial charge in [-0.25, -0.2) is 0 Å². The third-order valence-electron chi connectivity index (χ3n) is 1.77. The number of hydrogen-bond donors (Lipinski definition) is 0. The first kappa shape index (κ1) is 8.65. The van der Waals surface area contributed by atoms with Crippen LogP contribution in [0.15, 0.2) is 46.1 Å². The van der Waals surface area contributed by atoms with Gasteiger partial charge < -0.3 is 0 Å². The van der Waals surface area contributed by atoms with Crippen molar-refractivity contribution in [2.45, 2.75) is 6.92 Å². The Labute approximate surface area is 72.7 Å². The molecule has 0 radical (unpaired) electrons. The molecule has 0 saturated heterocycles. The SMILES string of the molecule is C=C/C(C)=C1/C=CN=CC1=NC. The predicted octanol–water partition coefficient (Wildman–Crippen LogP) is 2.16. The molecular weight excluding hydrogens is 148 g/mol. The Kier molecular flexibility index (Phi) is 2.75. The molecule has 1 heterocycles. The second kappa shape index (κ2) is 3.81. The van der Waals surface area contributed by atoms with E-state index in [0.29, 0.717) is 0 Å². The number of hydrogen-bond acceptors (Lipinski definition) is 2. The molecule has 12 heavy (non-hydrogen) atoms. The maximum absolute atomic E-state index is 4.11. The van der Waals surface area contributed by atoms with Gasteiger partial charge in [-0.05, 0) is 18.6 Å². The molecule has 2 nitrogen and oxygen atoms in total. The predicted molar refractivity (Wildman–Crippen MR) is 53.9 cm³/mol. The van der Waals surface area contributed by atoms with E-state index in [1.54, 1.807) is 19.5 Å². The van der Waals surface area contributed by atoms with Gasteiger partial charge in [0.15, 0.2) is 0 Å². The van der Waals surface area contributed by atoms with Crippen LogP contribution in [0.2, 0.25) is 0 Å². The van der Waals surface area contributed by atoms with Crippen molar-refractivity contribution >= 4 is 11.9 Å². The van der Waals surface area contributed by atoms with Crippen LogP contribution in [-0.4, -0.2) is 19.0 Å². The molecule has 62 valence electrons. The maximum atomic E-state index is 4.11. The van der Waals surface area contributed by atoms with Crippen LogP contribution >= 0.6 is 0 Å². The molecule has 1 rings (SSSR count). The topological polar surface area (TPSA) is 24.7 Å². The molecule has 1 aliphatic heterocycles. The van der Waals surface area contributed by atoms with Gasteiger partial charge in [-0.15, -0.1) is 0 Å². The summed E-state index contributed by atoms with van der Waals surface area (Å²) in [6.07, 6.45) is 7.28. The van der Waals surface area contributed by atoms with Gasteiger partial charge >= 0.3 is 0 Å². The summed E-state index contributed by atoms with van der Waals surface area (Å²) >= 11 is 0. The number of rotatable bonds is 1. The fourth-order valence-electron chi connectivity index (χ4n) is 1.01. The molecule has 0 spiro atoms. The second-order valence-electron chi connectivity index (χ2n) is 2.50. The van der Waals surface area contributed by atoms with Gasteiger partial charge in [-0.1, -0.05) is 12.7 Å². The number of allylic oxidation sites excluding steroid dienone is 4. The van der Waals surface area contributed by atoms with Crippen molar-refractivity contribution < 1.29 is 0 Å². The summed E-state index contributed by atoms with van der Waals surface area (Å²) in [7, 11) is 1.76. The zero-order valence-electron chi connectivity index (χ0n) is 7.41. The van der Waals surface area contributed by atoms with E-state index in [9.17, 15) is 0 Å². The molecule has 0 atom stereocenters. The average molecular weight is 160 g/mol. The summed E-state index contributed by atoms with van der Waals surface area (Å²) in [5, 5.41) is 0. The van der Waals surface area contributed by atoms with Crippen molar-refractivity contribution in [3.63, 3.8) is 0 Å². The Hall–Kier alpha value is -1.44. The Morgan fingerprint density at radius 3 is 3.00 bits per heavy atom. The van der Waals surface area contributed by atoms with Crippen molar-refractivity contribution in [3.05, 3.63) is 36.1 Å². The molecule has 0 bridgehead atoms. The van der Waals surface area contributed by atoms with Gasteiger partial charge in [0.05, 0.1) is 11.9 Å². The highest BCUT2D eigenvalue weighted by atomic mass is 14.8. The minimum Gasteiger partial charge on any atom is -0.286 e. The quantitative estimate of drug-likeness (QED) is 0.561. The lowest BCUT2D eigenvalue weighted by Gasteiger charge is -2.06. The molecule has 0 saturated carbocycles. The monoisotopic (exact) mass is 160 g/mol. The fourth-order valence-corrected chi connectivity index (χ4v) is 1.01. The minimum absolute atomic E-state index is 0.912. The van der Waals surface area contributed by atoms with Crippen LogP contribution in [0.5, 0.6) is 0 Å². The number of nitrogens with zero attached hydrogens (tertiary/aromatic N) is 2. The molecule has 0 aliphatic carbocycles. The first-order valence-corrected chi connectivity index (χ1v) is 3.79. The summed E-state index contributed by atoms with van der Waals surface area (Å²) in [5.41, 5.74) is 3.13. The highest BCUT2D eigenvalue weighted by molar-refractivity contribution is 6.40. The molecule has 0 fully saturated rings. The summed E-state index contributed by atoms with van der Waals surface area (Å²) in [5.74, 6) is 0. The first-order chi connectivity index (χ1) is 5.79. The van der Waals surface area contributed by atoms with E-state index in [2.05, 4.69) is 16.6 Å². The fraction of sp³-hybridized carbons (Fsp3) is 0.200. The second-order valence-corrected chi connectivity index (χ2v) is 2.50. The lowest BCUT2D eigenvalue weighted by molar-refractivity contribution is 1.39. The van der Waals surface area contributed by atoms with Crippen LogP contribution in [-0.2, 0) is 0 Å². The van der Waals surface area contributed by atoms with E-state index in [1.807, 2.05) is 19.1 Å². The summed E-state index contributed by atoms with van der Waals surface area (Å²) < 4.78 is 0. The third-order valence-corrected chi connectivity index (χ3v) is 1.77. The van der Waals surface area contributed by atoms with Crippen LogP contribution in [0.4, 0.5) is 0 Å². The van der Waals surface area contributed by atoms with Crippen LogP contribution in [0.3, 0.4) is 0 Å².